The van der Waals surface area contributed by atoms with Crippen LogP contribution < -0.4 is 0 Å². The van der Waals surface area contributed by atoms with Crippen LogP contribution in [0.1, 0.15) is 51.5 Å². The van der Waals surface area contributed by atoms with Crippen molar-refractivity contribution >= 4 is 11.6 Å². The maximum Gasteiger partial charge on any atom is 0.198 e. The molecule has 1 aliphatic heterocycles. The minimum Gasteiger partial charge on any atom is -0.472 e. The number of Topliss-reactive ketones (excluding diaryl/α,β-unsaturated/α-hetero) is 1. The Hall–Kier alpha value is -2.74. The first-order chi connectivity index (χ1) is 16.3. The number of furan rings is 1. The number of rotatable bonds is 4. The van der Waals surface area contributed by atoms with Gasteiger partial charge in [0, 0.05) is 28.0 Å². The Morgan fingerprint density at radius 3 is 2.82 bits per heavy atom. The van der Waals surface area contributed by atoms with Crippen LogP contribution in [0.3, 0.4) is 0 Å². The fourth-order valence-corrected chi connectivity index (χ4v) is 6.80. The Kier molecular flexibility index (Phi) is 4.72. The monoisotopic (exact) mass is 463 g/mol. The predicted molar refractivity (Wildman–Crippen MR) is 122 cm³/mol. The number of aliphatic hydroxyl groups excluding tert-OH is 2. The summed E-state index contributed by atoms with van der Waals surface area (Å²) in [6.45, 7) is 3.32. The van der Waals surface area contributed by atoms with Crippen molar-refractivity contribution in [2.75, 3.05) is 6.61 Å². The number of carbonyl (C=O) groups excluding carboxylic acids is 2. The molecule has 0 amide bonds. The number of carbonyl (C=O) groups is 2. The quantitative estimate of drug-likeness (QED) is 0.707. The van der Waals surface area contributed by atoms with Gasteiger partial charge in [-0.2, -0.15) is 0 Å². The molecule has 5 aliphatic rings. The molecule has 1 aromatic rings. The lowest BCUT2D eigenvalue weighted by molar-refractivity contribution is -0.254. The third-order valence-corrected chi connectivity index (χ3v) is 8.50. The minimum absolute atomic E-state index is 0.150. The molecule has 0 saturated heterocycles. The molecule has 34 heavy (non-hydrogen) atoms. The number of nitrogens with zero attached hydrogens (tertiary/aromatic N) is 1. The first-order valence-electron chi connectivity index (χ1n) is 12.0. The van der Waals surface area contributed by atoms with Crippen LogP contribution >= 0.6 is 0 Å². The van der Waals surface area contributed by atoms with Gasteiger partial charge in [0.1, 0.15) is 6.61 Å². The van der Waals surface area contributed by atoms with E-state index in [1.807, 2.05) is 19.9 Å². The van der Waals surface area contributed by atoms with Crippen molar-refractivity contribution in [3.63, 3.8) is 0 Å². The fourth-order valence-electron chi connectivity index (χ4n) is 6.80. The summed E-state index contributed by atoms with van der Waals surface area (Å²) in [7, 11) is 0. The molecule has 4 atom stereocenters. The molecule has 6 rings (SSSR count). The lowest BCUT2D eigenvalue weighted by Crippen LogP contribution is -2.66. The molecule has 0 unspecified atom stereocenters. The highest BCUT2D eigenvalue weighted by Crippen LogP contribution is 2.62. The lowest BCUT2D eigenvalue weighted by atomic mass is 9.52. The van der Waals surface area contributed by atoms with Gasteiger partial charge in [0.2, 0.25) is 0 Å². The van der Waals surface area contributed by atoms with Crippen LogP contribution in [0.4, 0.5) is 0 Å². The highest BCUT2D eigenvalue weighted by atomic mass is 16.7. The van der Waals surface area contributed by atoms with Gasteiger partial charge in [-0.1, -0.05) is 25.5 Å². The first-order valence-corrected chi connectivity index (χ1v) is 12.0. The van der Waals surface area contributed by atoms with E-state index >= 15 is 0 Å². The van der Waals surface area contributed by atoms with E-state index in [9.17, 15) is 19.8 Å². The molecule has 2 N–H and O–H groups in total. The Bertz CT molecular complexity index is 1220. The topological polar surface area (TPSA) is 100 Å². The second-order valence-corrected chi connectivity index (χ2v) is 10.4. The maximum atomic E-state index is 13.7. The molecular weight excluding hydrogens is 434 g/mol. The van der Waals surface area contributed by atoms with Crippen molar-refractivity contribution in [2.45, 2.75) is 64.2 Å². The van der Waals surface area contributed by atoms with Gasteiger partial charge in [-0.15, -0.1) is 0 Å². The zero-order valence-electron chi connectivity index (χ0n) is 19.5. The van der Waals surface area contributed by atoms with Crippen LogP contribution in [-0.2, 0) is 21.0 Å². The number of hydrogen-bond donors (Lipinski definition) is 2. The highest BCUT2D eigenvalue weighted by molar-refractivity contribution is 6.12. The SMILES string of the molecule is C[C@H]1C=C2C(=O)C=C3C4=C(C5=C(CCC5)C4)N(Cc4ccoc4)O[C@]3(C(=O)CO)[C@@]2(C)C[C@@H]1O. The molecule has 2 heterocycles. The van der Waals surface area contributed by atoms with Crippen molar-refractivity contribution < 1.29 is 29.1 Å². The summed E-state index contributed by atoms with van der Waals surface area (Å²) in [5.41, 5.74) is 3.62. The van der Waals surface area contributed by atoms with Crippen LogP contribution in [0.25, 0.3) is 0 Å². The van der Waals surface area contributed by atoms with Gasteiger partial charge in [0.05, 0.1) is 30.9 Å². The van der Waals surface area contributed by atoms with Crippen molar-refractivity contribution in [3.05, 3.63) is 69.9 Å². The molecular formula is C27H29NO6. The normalized spacial score (nSPS) is 34.5. The van der Waals surface area contributed by atoms with Crippen molar-refractivity contribution in [1.29, 1.82) is 0 Å². The summed E-state index contributed by atoms with van der Waals surface area (Å²) in [5, 5.41) is 22.8. The minimum atomic E-state index is -1.61. The van der Waals surface area contributed by atoms with E-state index in [0.29, 0.717) is 24.1 Å². The van der Waals surface area contributed by atoms with E-state index in [4.69, 9.17) is 9.25 Å². The number of hydrogen-bond acceptors (Lipinski definition) is 7. The predicted octanol–water partition coefficient (Wildman–Crippen LogP) is 3.31. The smallest absolute Gasteiger partial charge is 0.198 e. The zero-order valence-corrected chi connectivity index (χ0v) is 19.5. The summed E-state index contributed by atoms with van der Waals surface area (Å²) in [4.78, 5) is 33.9. The molecule has 7 heteroatoms. The second kappa shape index (κ2) is 7.38. The van der Waals surface area contributed by atoms with Crippen LogP contribution in [0.2, 0.25) is 0 Å². The van der Waals surface area contributed by atoms with Gasteiger partial charge in [-0.25, -0.2) is 5.06 Å². The number of aliphatic hydroxyl groups is 2. The largest absolute Gasteiger partial charge is 0.472 e. The molecule has 0 aromatic carbocycles. The first kappa shape index (κ1) is 21.8. The van der Waals surface area contributed by atoms with E-state index in [1.165, 1.54) is 11.1 Å². The third kappa shape index (κ3) is 2.69. The highest BCUT2D eigenvalue weighted by Gasteiger charge is 2.67. The van der Waals surface area contributed by atoms with Crippen molar-refractivity contribution in [3.8, 4) is 0 Å². The fraction of sp³-hybridized carbons (Fsp3) is 0.481. The van der Waals surface area contributed by atoms with Crippen molar-refractivity contribution in [1.82, 2.24) is 5.06 Å². The molecule has 178 valence electrons. The van der Waals surface area contributed by atoms with Crippen LogP contribution in [0.5, 0.6) is 0 Å². The average molecular weight is 464 g/mol. The zero-order chi connectivity index (χ0) is 23.8. The Balaban J connectivity index is 1.60. The summed E-state index contributed by atoms with van der Waals surface area (Å²) in [6.07, 6.45) is 9.69. The van der Waals surface area contributed by atoms with E-state index < -0.39 is 29.5 Å². The molecule has 0 fully saturated rings. The Morgan fingerprint density at radius 1 is 1.26 bits per heavy atom. The van der Waals surface area contributed by atoms with E-state index in [1.54, 1.807) is 29.7 Å². The number of allylic oxidation sites excluding steroid dienone is 3. The summed E-state index contributed by atoms with van der Waals surface area (Å²) < 4.78 is 5.28. The van der Waals surface area contributed by atoms with Gasteiger partial charge >= 0.3 is 0 Å². The van der Waals surface area contributed by atoms with Gasteiger partial charge < -0.3 is 14.6 Å². The van der Waals surface area contributed by atoms with E-state index in [2.05, 4.69) is 0 Å². The maximum absolute atomic E-state index is 13.7. The molecule has 1 aromatic heterocycles. The molecule has 0 spiro atoms. The second-order valence-electron chi connectivity index (χ2n) is 10.4. The van der Waals surface area contributed by atoms with E-state index in [-0.39, 0.29) is 18.1 Å². The van der Waals surface area contributed by atoms with Crippen LogP contribution in [-0.4, -0.2) is 45.2 Å². The van der Waals surface area contributed by atoms with Crippen LogP contribution in [0.15, 0.2) is 68.7 Å². The number of fused-ring (bicyclic) bond motifs is 5. The molecule has 7 nitrogen and oxygen atoms in total. The van der Waals surface area contributed by atoms with Gasteiger partial charge in [-0.3, -0.25) is 14.4 Å². The molecule has 0 bridgehead atoms. The lowest BCUT2D eigenvalue weighted by Gasteiger charge is -2.57. The van der Waals surface area contributed by atoms with Crippen molar-refractivity contribution in [2.24, 2.45) is 11.3 Å². The third-order valence-electron chi connectivity index (χ3n) is 8.50. The number of ketones is 2. The summed E-state index contributed by atoms with van der Waals surface area (Å²) >= 11 is 0. The standard InChI is InChI=1S/C27H29NO6/c1-15-8-21-22(30)10-20-19-9-17-4-3-5-18(17)25(19)28(12-16-6-7-33-14-16)34-27(20,24(32)13-29)26(21,2)11-23(15)31/h6-8,10,14-15,23,29,31H,3-5,9,11-13H2,1-2H3/t15-,23-,26-,27+/m0/s1. The van der Waals surface area contributed by atoms with E-state index in [0.717, 1.165) is 36.1 Å². The molecule has 0 saturated carbocycles. The van der Waals surface area contributed by atoms with Gasteiger partial charge in [0.25, 0.3) is 0 Å². The van der Waals surface area contributed by atoms with Crippen LogP contribution in [0, 0.1) is 11.3 Å². The summed E-state index contributed by atoms with van der Waals surface area (Å²) in [6, 6.07) is 1.86. The van der Waals surface area contributed by atoms with Gasteiger partial charge in [-0.05, 0) is 55.4 Å². The summed E-state index contributed by atoms with van der Waals surface area (Å²) in [5.74, 6) is -0.874. The van der Waals surface area contributed by atoms with Gasteiger partial charge in [0.15, 0.2) is 17.2 Å². The molecule has 0 radical (unpaired) electrons. The Morgan fingerprint density at radius 2 is 2.09 bits per heavy atom. The Labute approximate surface area is 198 Å². The average Bonchev–Trinajstić information content (AvgIpc) is 3.54. The number of hydroxylamine groups is 2. The molecule has 4 aliphatic carbocycles.